The normalized spacial score (nSPS) is 10.1. The van der Waals surface area contributed by atoms with Crippen LogP contribution < -0.4 is 16.4 Å². The van der Waals surface area contributed by atoms with Gasteiger partial charge in [-0.3, -0.25) is 9.78 Å². The maximum absolute atomic E-state index is 11.6. The molecule has 1 aromatic heterocycles. The Balaban J connectivity index is 2.00. The summed E-state index contributed by atoms with van der Waals surface area (Å²) in [5, 5.41) is 5.83. The van der Waals surface area contributed by atoms with Gasteiger partial charge < -0.3 is 16.4 Å². The highest BCUT2D eigenvalue weighted by Crippen LogP contribution is 2.20. The third-order valence-electron chi connectivity index (χ3n) is 2.97. The van der Waals surface area contributed by atoms with Crippen LogP contribution in [0.3, 0.4) is 0 Å². The average Bonchev–Trinajstić information content (AvgIpc) is 2.49. The Kier molecular flexibility index (Phi) is 4.55. The van der Waals surface area contributed by atoms with Crippen LogP contribution >= 0.6 is 0 Å². The second-order valence-corrected chi connectivity index (χ2v) is 4.38. The maximum Gasteiger partial charge on any atom is 0.251 e. The second kappa shape index (κ2) is 6.56. The SMILES string of the molecule is CNC(=O)c1ccc(N)c(NCCc2ccccn2)c1. The molecule has 0 aliphatic rings. The van der Waals surface area contributed by atoms with Crippen LogP contribution in [0.5, 0.6) is 0 Å². The van der Waals surface area contributed by atoms with Gasteiger partial charge in [-0.15, -0.1) is 0 Å². The number of pyridine rings is 1. The number of aromatic nitrogens is 1. The number of rotatable bonds is 5. The van der Waals surface area contributed by atoms with Gasteiger partial charge in [0.25, 0.3) is 5.91 Å². The van der Waals surface area contributed by atoms with Crippen molar-refractivity contribution in [3.05, 3.63) is 53.9 Å². The van der Waals surface area contributed by atoms with Crippen molar-refractivity contribution < 1.29 is 4.79 Å². The number of anilines is 2. The molecule has 2 rings (SSSR count). The predicted octanol–water partition coefficient (Wildman–Crippen LogP) is 1.68. The summed E-state index contributed by atoms with van der Waals surface area (Å²) in [6.45, 7) is 0.707. The molecule has 2 aromatic rings. The Labute approximate surface area is 118 Å². The highest BCUT2D eigenvalue weighted by atomic mass is 16.1. The largest absolute Gasteiger partial charge is 0.397 e. The number of nitrogens with one attached hydrogen (secondary N) is 2. The molecule has 0 atom stereocenters. The highest BCUT2D eigenvalue weighted by molar-refractivity contribution is 5.96. The summed E-state index contributed by atoms with van der Waals surface area (Å²) in [6.07, 6.45) is 2.57. The third-order valence-corrected chi connectivity index (χ3v) is 2.97. The minimum Gasteiger partial charge on any atom is -0.397 e. The molecule has 0 aliphatic heterocycles. The fourth-order valence-electron chi connectivity index (χ4n) is 1.87. The van der Waals surface area contributed by atoms with Gasteiger partial charge in [-0.25, -0.2) is 0 Å². The molecule has 0 bridgehead atoms. The first kappa shape index (κ1) is 13.9. The van der Waals surface area contributed by atoms with Gasteiger partial charge >= 0.3 is 0 Å². The van der Waals surface area contributed by atoms with Crippen molar-refractivity contribution in [3.8, 4) is 0 Å². The number of carbonyl (C=O) groups is 1. The third kappa shape index (κ3) is 3.47. The molecule has 5 nitrogen and oxygen atoms in total. The molecule has 20 heavy (non-hydrogen) atoms. The van der Waals surface area contributed by atoms with Crippen LogP contribution in [0.4, 0.5) is 11.4 Å². The van der Waals surface area contributed by atoms with Crippen LogP contribution in [-0.4, -0.2) is 24.5 Å². The molecule has 104 valence electrons. The quantitative estimate of drug-likeness (QED) is 0.722. The Morgan fingerprint density at radius 1 is 1.30 bits per heavy atom. The number of hydrogen-bond acceptors (Lipinski definition) is 4. The van der Waals surface area contributed by atoms with E-state index in [1.165, 1.54) is 0 Å². The van der Waals surface area contributed by atoms with Crippen LogP contribution in [0.25, 0.3) is 0 Å². The predicted molar refractivity (Wildman–Crippen MR) is 80.7 cm³/mol. The van der Waals surface area contributed by atoms with Crippen molar-refractivity contribution >= 4 is 17.3 Å². The van der Waals surface area contributed by atoms with Gasteiger partial charge in [-0.2, -0.15) is 0 Å². The topological polar surface area (TPSA) is 80.0 Å². The van der Waals surface area contributed by atoms with E-state index in [0.717, 1.165) is 17.8 Å². The van der Waals surface area contributed by atoms with Crippen molar-refractivity contribution in [1.82, 2.24) is 10.3 Å². The summed E-state index contributed by atoms with van der Waals surface area (Å²) in [5.74, 6) is -0.127. The minimum absolute atomic E-state index is 0.127. The van der Waals surface area contributed by atoms with Crippen molar-refractivity contribution in [2.45, 2.75) is 6.42 Å². The summed E-state index contributed by atoms with van der Waals surface area (Å²) >= 11 is 0. The number of nitrogen functional groups attached to an aromatic ring is 1. The van der Waals surface area contributed by atoms with Gasteiger partial charge in [-0.05, 0) is 30.3 Å². The molecular weight excluding hydrogens is 252 g/mol. The monoisotopic (exact) mass is 270 g/mol. The molecule has 4 N–H and O–H groups in total. The van der Waals surface area contributed by atoms with Crippen molar-refractivity contribution in [2.24, 2.45) is 0 Å². The first-order chi connectivity index (χ1) is 9.70. The van der Waals surface area contributed by atoms with E-state index in [1.54, 1.807) is 31.4 Å². The first-order valence-electron chi connectivity index (χ1n) is 6.46. The number of nitrogens with two attached hydrogens (primary N) is 1. The van der Waals surface area contributed by atoms with E-state index in [2.05, 4.69) is 15.6 Å². The fraction of sp³-hybridized carbons (Fsp3) is 0.200. The Morgan fingerprint density at radius 2 is 2.15 bits per heavy atom. The molecule has 0 saturated carbocycles. The van der Waals surface area contributed by atoms with E-state index < -0.39 is 0 Å². The lowest BCUT2D eigenvalue weighted by Crippen LogP contribution is -2.18. The van der Waals surface area contributed by atoms with Crippen LogP contribution in [0.2, 0.25) is 0 Å². The summed E-state index contributed by atoms with van der Waals surface area (Å²) in [7, 11) is 1.60. The standard InChI is InChI=1S/C15H18N4O/c1-17-15(20)11-5-6-13(16)14(10-11)19-9-7-12-4-2-3-8-18-12/h2-6,8,10,19H,7,9,16H2,1H3,(H,17,20). The van der Waals surface area contributed by atoms with Gasteiger partial charge in [0.05, 0.1) is 11.4 Å². The molecule has 0 spiro atoms. The Bertz CT molecular complexity index is 584. The van der Waals surface area contributed by atoms with E-state index in [-0.39, 0.29) is 5.91 Å². The van der Waals surface area contributed by atoms with Crippen LogP contribution in [0.15, 0.2) is 42.6 Å². The molecule has 1 amide bonds. The molecular formula is C15H18N4O. The van der Waals surface area contributed by atoms with Crippen LogP contribution in [-0.2, 0) is 6.42 Å². The van der Waals surface area contributed by atoms with E-state index in [1.807, 2.05) is 18.2 Å². The van der Waals surface area contributed by atoms with Gasteiger partial charge in [-0.1, -0.05) is 6.07 Å². The lowest BCUT2D eigenvalue weighted by atomic mass is 10.1. The molecule has 0 fully saturated rings. The minimum atomic E-state index is -0.127. The second-order valence-electron chi connectivity index (χ2n) is 4.38. The lowest BCUT2D eigenvalue weighted by molar-refractivity contribution is 0.0963. The summed E-state index contributed by atoms with van der Waals surface area (Å²) in [4.78, 5) is 15.8. The molecule has 1 aromatic carbocycles. The smallest absolute Gasteiger partial charge is 0.251 e. The molecule has 0 saturated heterocycles. The first-order valence-corrected chi connectivity index (χ1v) is 6.46. The van der Waals surface area contributed by atoms with Crippen molar-refractivity contribution in [1.29, 1.82) is 0 Å². The summed E-state index contributed by atoms with van der Waals surface area (Å²) in [5.41, 5.74) is 8.89. The van der Waals surface area contributed by atoms with Gasteiger partial charge in [0.2, 0.25) is 0 Å². The maximum atomic E-state index is 11.6. The number of hydrogen-bond donors (Lipinski definition) is 3. The average molecular weight is 270 g/mol. The zero-order valence-corrected chi connectivity index (χ0v) is 11.4. The highest BCUT2D eigenvalue weighted by Gasteiger charge is 2.06. The number of benzene rings is 1. The summed E-state index contributed by atoms with van der Waals surface area (Å²) < 4.78 is 0. The molecule has 0 radical (unpaired) electrons. The van der Waals surface area contributed by atoms with Crippen LogP contribution in [0, 0.1) is 0 Å². The van der Waals surface area contributed by atoms with Crippen LogP contribution in [0.1, 0.15) is 16.1 Å². The molecule has 0 aliphatic carbocycles. The van der Waals surface area contributed by atoms with E-state index in [0.29, 0.717) is 17.8 Å². The Morgan fingerprint density at radius 3 is 2.85 bits per heavy atom. The van der Waals surface area contributed by atoms with E-state index in [9.17, 15) is 4.79 Å². The zero-order chi connectivity index (χ0) is 14.4. The summed E-state index contributed by atoms with van der Waals surface area (Å²) in [6, 6.07) is 11.0. The van der Waals surface area contributed by atoms with Crippen molar-refractivity contribution in [2.75, 3.05) is 24.6 Å². The molecule has 0 unspecified atom stereocenters. The Hall–Kier alpha value is -2.56. The zero-order valence-electron chi connectivity index (χ0n) is 11.4. The van der Waals surface area contributed by atoms with Gasteiger partial charge in [0, 0.05) is 37.5 Å². The number of nitrogens with zero attached hydrogens (tertiary/aromatic N) is 1. The van der Waals surface area contributed by atoms with Crippen molar-refractivity contribution in [3.63, 3.8) is 0 Å². The van der Waals surface area contributed by atoms with Gasteiger partial charge in [0.1, 0.15) is 0 Å². The lowest BCUT2D eigenvalue weighted by Gasteiger charge is -2.10. The molecule has 1 heterocycles. The fourth-order valence-corrected chi connectivity index (χ4v) is 1.87. The number of amides is 1. The van der Waals surface area contributed by atoms with Gasteiger partial charge in [0.15, 0.2) is 0 Å². The number of carbonyl (C=O) groups excluding carboxylic acids is 1. The van der Waals surface area contributed by atoms with E-state index >= 15 is 0 Å². The van der Waals surface area contributed by atoms with E-state index in [4.69, 9.17) is 5.73 Å². The molecule has 5 heteroatoms.